The summed E-state index contributed by atoms with van der Waals surface area (Å²) in [5, 5.41) is 18.7. The zero-order valence-electron chi connectivity index (χ0n) is 13.8. The number of hydrogen-bond acceptors (Lipinski definition) is 4. The van der Waals surface area contributed by atoms with Gasteiger partial charge >= 0.3 is 5.97 Å². The van der Waals surface area contributed by atoms with Gasteiger partial charge in [0.2, 0.25) is 0 Å². The number of aliphatic carboxylic acids is 1. The van der Waals surface area contributed by atoms with Crippen LogP contribution in [0.1, 0.15) is 58.3 Å². The molecule has 0 bridgehead atoms. The first-order valence-corrected chi connectivity index (χ1v) is 8.61. The monoisotopic (exact) mass is 301 g/mol. The van der Waals surface area contributed by atoms with E-state index >= 15 is 0 Å². The molecule has 21 heavy (non-hydrogen) atoms. The zero-order valence-corrected chi connectivity index (χ0v) is 13.8. The SMILES string of the molecule is CCCNCCNCCNCCCCCCCCC(=O)O. The fraction of sp³-hybridized carbons (Fsp3) is 0.938. The maximum atomic E-state index is 10.3. The van der Waals surface area contributed by atoms with Gasteiger partial charge in [0.1, 0.15) is 0 Å². The molecule has 0 aliphatic carbocycles. The van der Waals surface area contributed by atoms with E-state index in [1.807, 2.05) is 0 Å². The van der Waals surface area contributed by atoms with E-state index in [1.165, 1.54) is 32.1 Å². The fourth-order valence-corrected chi connectivity index (χ4v) is 2.14. The molecule has 0 rings (SSSR count). The first kappa shape index (κ1) is 20.3. The zero-order chi connectivity index (χ0) is 15.6. The molecule has 0 fully saturated rings. The van der Waals surface area contributed by atoms with Crippen molar-refractivity contribution in [2.24, 2.45) is 0 Å². The highest BCUT2D eigenvalue weighted by Gasteiger charge is 1.96. The highest BCUT2D eigenvalue weighted by Crippen LogP contribution is 2.06. The van der Waals surface area contributed by atoms with E-state index in [0.29, 0.717) is 6.42 Å². The topological polar surface area (TPSA) is 73.4 Å². The molecule has 0 atom stereocenters. The molecule has 0 saturated carbocycles. The second-order valence-corrected chi connectivity index (χ2v) is 5.52. The minimum absolute atomic E-state index is 0.322. The summed E-state index contributed by atoms with van der Waals surface area (Å²) in [6.45, 7) is 8.53. The van der Waals surface area contributed by atoms with E-state index in [0.717, 1.165) is 52.1 Å². The molecule has 0 amide bonds. The number of unbranched alkanes of at least 4 members (excludes halogenated alkanes) is 5. The van der Waals surface area contributed by atoms with Crippen molar-refractivity contribution in [2.45, 2.75) is 58.3 Å². The molecule has 0 unspecified atom stereocenters. The van der Waals surface area contributed by atoms with Crippen LogP contribution in [0.4, 0.5) is 0 Å². The summed E-state index contributed by atoms with van der Waals surface area (Å²) >= 11 is 0. The second-order valence-electron chi connectivity index (χ2n) is 5.52. The summed E-state index contributed by atoms with van der Waals surface area (Å²) in [5.41, 5.74) is 0. The van der Waals surface area contributed by atoms with E-state index in [1.54, 1.807) is 0 Å². The van der Waals surface area contributed by atoms with Crippen LogP contribution in [-0.2, 0) is 4.79 Å². The Balaban J connectivity index is 2.95. The highest BCUT2D eigenvalue weighted by molar-refractivity contribution is 5.66. The Kier molecular flexibility index (Phi) is 16.9. The van der Waals surface area contributed by atoms with Crippen molar-refractivity contribution >= 4 is 5.97 Å². The largest absolute Gasteiger partial charge is 0.481 e. The molecule has 0 heterocycles. The molecule has 5 heteroatoms. The van der Waals surface area contributed by atoms with Crippen LogP contribution in [0.25, 0.3) is 0 Å². The minimum Gasteiger partial charge on any atom is -0.481 e. The minimum atomic E-state index is -0.672. The summed E-state index contributed by atoms with van der Waals surface area (Å²) in [6, 6.07) is 0. The van der Waals surface area contributed by atoms with Crippen LogP contribution in [0.2, 0.25) is 0 Å². The van der Waals surface area contributed by atoms with Crippen LogP contribution >= 0.6 is 0 Å². The number of rotatable bonds is 17. The van der Waals surface area contributed by atoms with Gasteiger partial charge in [0.05, 0.1) is 0 Å². The second kappa shape index (κ2) is 17.4. The lowest BCUT2D eigenvalue weighted by molar-refractivity contribution is -0.137. The van der Waals surface area contributed by atoms with Crippen LogP contribution < -0.4 is 16.0 Å². The lowest BCUT2D eigenvalue weighted by Gasteiger charge is -2.07. The average molecular weight is 301 g/mol. The molecule has 0 saturated heterocycles. The van der Waals surface area contributed by atoms with Crippen LogP contribution in [-0.4, -0.2) is 50.3 Å². The number of carbonyl (C=O) groups is 1. The van der Waals surface area contributed by atoms with Crippen LogP contribution in [0.5, 0.6) is 0 Å². The average Bonchev–Trinajstić information content (AvgIpc) is 2.46. The van der Waals surface area contributed by atoms with Gasteiger partial charge in [-0.15, -0.1) is 0 Å². The summed E-state index contributed by atoms with van der Waals surface area (Å²) in [6.07, 6.45) is 8.25. The molecule has 0 aliphatic rings. The Hall–Kier alpha value is -0.650. The number of nitrogens with one attached hydrogen (secondary N) is 3. The third kappa shape index (κ3) is 19.4. The quantitative estimate of drug-likeness (QED) is 0.309. The Labute approximate surface area is 130 Å². The van der Waals surface area contributed by atoms with E-state index in [-0.39, 0.29) is 0 Å². The Morgan fingerprint density at radius 1 is 0.714 bits per heavy atom. The summed E-state index contributed by atoms with van der Waals surface area (Å²) in [5.74, 6) is -0.672. The van der Waals surface area contributed by atoms with Gasteiger partial charge in [-0.25, -0.2) is 0 Å². The molecule has 0 aromatic rings. The first-order valence-electron chi connectivity index (χ1n) is 8.61. The van der Waals surface area contributed by atoms with E-state index < -0.39 is 5.97 Å². The maximum Gasteiger partial charge on any atom is 0.303 e. The molecule has 0 aromatic heterocycles. The van der Waals surface area contributed by atoms with Crippen molar-refractivity contribution in [2.75, 3.05) is 39.3 Å². The fourth-order valence-electron chi connectivity index (χ4n) is 2.14. The van der Waals surface area contributed by atoms with Gasteiger partial charge in [0, 0.05) is 32.6 Å². The third-order valence-corrected chi connectivity index (χ3v) is 3.38. The van der Waals surface area contributed by atoms with Crippen LogP contribution in [0.15, 0.2) is 0 Å². The molecule has 0 aromatic carbocycles. The predicted molar refractivity (Wildman–Crippen MR) is 88.9 cm³/mol. The normalized spacial score (nSPS) is 10.9. The summed E-state index contributed by atoms with van der Waals surface area (Å²) < 4.78 is 0. The molecule has 5 nitrogen and oxygen atoms in total. The Bertz CT molecular complexity index is 226. The standard InChI is InChI=1S/C16H35N3O2/c1-2-10-17-12-14-19-15-13-18-11-8-6-4-3-5-7-9-16(20)21/h17-19H,2-15H2,1H3,(H,20,21). The number of carboxylic acid groups (broad SMARTS) is 1. The van der Waals surface area contributed by atoms with Gasteiger partial charge in [-0.05, 0) is 32.4 Å². The molecule has 126 valence electrons. The maximum absolute atomic E-state index is 10.3. The van der Waals surface area contributed by atoms with Crippen molar-refractivity contribution in [3.05, 3.63) is 0 Å². The lowest BCUT2D eigenvalue weighted by atomic mass is 10.1. The van der Waals surface area contributed by atoms with Crippen LogP contribution in [0.3, 0.4) is 0 Å². The van der Waals surface area contributed by atoms with E-state index in [2.05, 4.69) is 22.9 Å². The smallest absolute Gasteiger partial charge is 0.303 e. The van der Waals surface area contributed by atoms with E-state index in [4.69, 9.17) is 5.11 Å². The van der Waals surface area contributed by atoms with Crippen molar-refractivity contribution in [1.82, 2.24) is 16.0 Å². The van der Waals surface area contributed by atoms with Gasteiger partial charge in [-0.3, -0.25) is 4.79 Å². The third-order valence-electron chi connectivity index (χ3n) is 3.38. The van der Waals surface area contributed by atoms with Gasteiger partial charge in [-0.1, -0.05) is 32.6 Å². The molecule has 4 N–H and O–H groups in total. The number of carboxylic acids is 1. The number of hydrogen-bond donors (Lipinski definition) is 4. The van der Waals surface area contributed by atoms with E-state index in [9.17, 15) is 4.79 Å². The summed E-state index contributed by atoms with van der Waals surface area (Å²) in [4.78, 5) is 10.3. The Morgan fingerprint density at radius 3 is 1.76 bits per heavy atom. The molecule has 0 spiro atoms. The Morgan fingerprint density at radius 2 is 1.19 bits per heavy atom. The van der Waals surface area contributed by atoms with Gasteiger partial charge < -0.3 is 21.1 Å². The van der Waals surface area contributed by atoms with Crippen molar-refractivity contribution < 1.29 is 9.90 Å². The molecule has 0 aliphatic heterocycles. The van der Waals surface area contributed by atoms with Crippen LogP contribution in [0, 0.1) is 0 Å². The highest BCUT2D eigenvalue weighted by atomic mass is 16.4. The van der Waals surface area contributed by atoms with Gasteiger partial charge in [0.15, 0.2) is 0 Å². The molecule has 0 radical (unpaired) electrons. The van der Waals surface area contributed by atoms with Gasteiger partial charge in [-0.2, -0.15) is 0 Å². The molecular weight excluding hydrogens is 266 g/mol. The van der Waals surface area contributed by atoms with Crippen molar-refractivity contribution in [3.8, 4) is 0 Å². The predicted octanol–water partition coefficient (Wildman–Crippen LogP) is 1.98. The molecular formula is C16H35N3O2. The summed E-state index contributed by atoms with van der Waals surface area (Å²) in [7, 11) is 0. The first-order chi connectivity index (χ1) is 10.3. The lowest BCUT2D eigenvalue weighted by Crippen LogP contribution is -2.33. The van der Waals surface area contributed by atoms with Gasteiger partial charge in [0.25, 0.3) is 0 Å². The van der Waals surface area contributed by atoms with Crippen molar-refractivity contribution in [3.63, 3.8) is 0 Å². The van der Waals surface area contributed by atoms with Crippen molar-refractivity contribution in [1.29, 1.82) is 0 Å².